The van der Waals surface area contributed by atoms with Crippen molar-refractivity contribution in [3.8, 4) is 11.5 Å². The van der Waals surface area contributed by atoms with Crippen LogP contribution in [0.4, 0.5) is 0 Å². The summed E-state index contributed by atoms with van der Waals surface area (Å²) in [6, 6.07) is 15.2. The van der Waals surface area contributed by atoms with Crippen molar-refractivity contribution in [2.24, 2.45) is 0 Å². The van der Waals surface area contributed by atoms with Gasteiger partial charge in [0.15, 0.2) is 5.78 Å². The van der Waals surface area contributed by atoms with Crippen molar-refractivity contribution in [2.75, 3.05) is 55.5 Å². The average Bonchev–Trinajstić information content (AvgIpc) is 2.74. The van der Waals surface area contributed by atoms with Gasteiger partial charge in [0.05, 0.1) is 14.2 Å². The van der Waals surface area contributed by atoms with E-state index in [4.69, 9.17) is 9.47 Å². The summed E-state index contributed by atoms with van der Waals surface area (Å²) in [5.41, 5.74) is 3.08. The summed E-state index contributed by atoms with van der Waals surface area (Å²) in [4.78, 5) is 17.8. The first-order valence-electron chi connectivity index (χ1n) is 9.89. The van der Waals surface area contributed by atoms with Gasteiger partial charge in [-0.3, -0.25) is 4.79 Å². The molecule has 5 heteroatoms. The molecule has 0 unspecified atom stereocenters. The van der Waals surface area contributed by atoms with E-state index in [-0.39, 0.29) is 5.78 Å². The monoisotopic (exact) mass is 408 g/mol. The van der Waals surface area contributed by atoms with Crippen LogP contribution >= 0.6 is 0 Å². The molecule has 0 fully saturated rings. The Kier molecular flexibility index (Phi) is 8.84. The standard InChI is InChI=1S/C25H32N2O3/c1-26(2)17-15-23(19-7-11-21(29-5)12-8-19)25(28)24(16-18-27(3)4)20-9-13-22(30-6)14-10-20/h7-16H,17-18H2,1-6H3. The topological polar surface area (TPSA) is 42.0 Å². The molecule has 5 nitrogen and oxygen atoms in total. The summed E-state index contributed by atoms with van der Waals surface area (Å²) in [6.07, 6.45) is 3.97. The van der Waals surface area contributed by atoms with E-state index in [1.54, 1.807) is 14.2 Å². The molecular weight excluding hydrogens is 376 g/mol. The normalized spacial score (nSPS) is 12.4. The van der Waals surface area contributed by atoms with Crippen LogP contribution in [0.5, 0.6) is 11.5 Å². The van der Waals surface area contributed by atoms with Gasteiger partial charge < -0.3 is 19.3 Å². The minimum Gasteiger partial charge on any atom is -0.497 e. The van der Waals surface area contributed by atoms with E-state index in [1.807, 2.05) is 98.7 Å². The summed E-state index contributed by atoms with van der Waals surface area (Å²) in [5.74, 6) is 1.52. The van der Waals surface area contributed by atoms with E-state index < -0.39 is 0 Å². The van der Waals surface area contributed by atoms with E-state index in [9.17, 15) is 4.79 Å². The van der Waals surface area contributed by atoms with Crippen molar-refractivity contribution < 1.29 is 14.3 Å². The summed E-state index contributed by atoms with van der Waals surface area (Å²) < 4.78 is 10.5. The van der Waals surface area contributed by atoms with Gasteiger partial charge in [0.25, 0.3) is 0 Å². The smallest absolute Gasteiger partial charge is 0.193 e. The number of Topliss-reactive ketones (excluding diaryl/α,β-unsaturated/α-hetero) is 1. The fourth-order valence-electron chi connectivity index (χ4n) is 2.92. The molecule has 0 N–H and O–H groups in total. The number of hydrogen-bond acceptors (Lipinski definition) is 5. The number of hydrogen-bond donors (Lipinski definition) is 0. The van der Waals surface area contributed by atoms with Gasteiger partial charge in [-0.15, -0.1) is 0 Å². The maximum Gasteiger partial charge on any atom is 0.193 e. The molecule has 0 radical (unpaired) electrons. The number of allylic oxidation sites excluding steroid dienone is 2. The molecule has 2 aromatic rings. The summed E-state index contributed by atoms with van der Waals surface area (Å²) in [6.45, 7) is 1.33. The highest BCUT2D eigenvalue weighted by Crippen LogP contribution is 2.28. The van der Waals surface area contributed by atoms with Gasteiger partial charge in [-0.25, -0.2) is 0 Å². The molecule has 0 aliphatic rings. The van der Waals surface area contributed by atoms with E-state index >= 15 is 0 Å². The lowest BCUT2D eigenvalue weighted by Gasteiger charge is -2.15. The lowest BCUT2D eigenvalue weighted by atomic mass is 9.91. The van der Waals surface area contributed by atoms with Crippen LogP contribution in [0.1, 0.15) is 11.1 Å². The lowest BCUT2D eigenvalue weighted by molar-refractivity contribution is -0.108. The Hall–Kier alpha value is -2.89. The first-order chi connectivity index (χ1) is 14.3. The van der Waals surface area contributed by atoms with Crippen LogP contribution in [0.15, 0.2) is 60.7 Å². The second kappa shape index (κ2) is 11.3. The zero-order chi connectivity index (χ0) is 22.1. The Morgan fingerprint density at radius 3 is 1.30 bits per heavy atom. The fourth-order valence-corrected chi connectivity index (χ4v) is 2.92. The van der Waals surface area contributed by atoms with Gasteiger partial charge in [0, 0.05) is 24.2 Å². The lowest BCUT2D eigenvalue weighted by Crippen LogP contribution is -2.15. The van der Waals surface area contributed by atoms with Crippen LogP contribution in [0.25, 0.3) is 11.1 Å². The zero-order valence-corrected chi connectivity index (χ0v) is 18.8. The minimum atomic E-state index is -0.00552. The van der Waals surface area contributed by atoms with Crippen LogP contribution in [-0.4, -0.2) is 71.1 Å². The third-order valence-electron chi connectivity index (χ3n) is 4.61. The second-order valence-electron chi connectivity index (χ2n) is 7.55. The molecule has 0 bridgehead atoms. The highest BCUT2D eigenvalue weighted by atomic mass is 16.5. The average molecular weight is 409 g/mol. The maximum absolute atomic E-state index is 13.7. The largest absolute Gasteiger partial charge is 0.497 e. The van der Waals surface area contributed by atoms with Crippen molar-refractivity contribution in [3.63, 3.8) is 0 Å². The number of methoxy groups -OCH3 is 2. The molecule has 0 amide bonds. The van der Waals surface area contributed by atoms with Gasteiger partial charge in [0.1, 0.15) is 11.5 Å². The predicted octanol–water partition coefficient (Wildman–Crippen LogP) is 3.86. The maximum atomic E-state index is 13.7. The number of carbonyl (C=O) groups is 1. The van der Waals surface area contributed by atoms with E-state index in [0.29, 0.717) is 24.2 Å². The highest BCUT2D eigenvalue weighted by Gasteiger charge is 2.19. The van der Waals surface area contributed by atoms with E-state index in [2.05, 4.69) is 0 Å². The molecule has 0 heterocycles. The SMILES string of the molecule is COc1ccc(C(=CCN(C)C)C(=O)C(=CCN(C)C)c2ccc(OC)cc2)cc1. The molecular formula is C25H32N2O3. The van der Waals surface area contributed by atoms with Crippen molar-refractivity contribution in [2.45, 2.75) is 0 Å². The number of benzene rings is 2. The van der Waals surface area contributed by atoms with Crippen molar-refractivity contribution in [1.29, 1.82) is 0 Å². The van der Waals surface area contributed by atoms with Crippen LogP contribution in [-0.2, 0) is 4.79 Å². The molecule has 0 aromatic heterocycles. The zero-order valence-electron chi connectivity index (χ0n) is 18.8. The molecule has 2 rings (SSSR count). The molecule has 0 aliphatic heterocycles. The number of ketones is 1. The van der Waals surface area contributed by atoms with Gasteiger partial charge in [-0.1, -0.05) is 36.4 Å². The predicted molar refractivity (Wildman–Crippen MR) is 124 cm³/mol. The Morgan fingerprint density at radius 1 is 0.700 bits per heavy atom. The number of carbonyl (C=O) groups excluding carboxylic acids is 1. The summed E-state index contributed by atoms with van der Waals surface area (Å²) in [7, 11) is 11.2. The van der Waals surface area contributed by atoms with Crippen LogP contribution in [0.2, 0.25) is 0 Å². The highest BCUT2D eigenvalue weighted by molar-refractivity contribution is 6.42. The van der Waals surface area contributed by atoms with Crippen molar-refractivity contribution >= 4 is 16.9 Å². The van der Waals surface area contributed by atoms with Crippen LogP contribution in [0.3, 0.4) is 0 Å². The fraction of sp³-hybridized carbons (Fsp3) is 0.320. The third kappa shape index (κ3) is 6.58. The number of rotatable bonds is 10. The minimum absolute atomic E-state index is 0.00552. The van der Waals surface area contributed by atoms with Gasteiger partial charge in [-0.05, 0) is 63.6 Å². The Labute approximate surface area is 180 Å². The Bertz CT molecular complexity index is 806. The molecule has 0 atom stereocenters. The first-order valence-corrected chi connectivity index (χ1v) is 9.89. The van der Waals surface area contributed by atoms with Crippen LogP contribution < -0.4 is 9.47 Å². The van der Waals surface area contributed by atoms with Gasteiger partial charge in [-0.2, -0.15) is 0 Å². The van der Waals surface area contributed by atoms with Gasteiger partial charge in [0.2, 0.25) is 0 Å². The van der Waals surface area contributed by atoms with Crippen molar-refractivity contribution in [3.05, 3.63) is 71.8 Å². The molecule has 0 aliphatic carbocycles. The number of ether oxygens (including phenoxy) is 2. The molecule has 0 spiro atoms. The molecule has 0 saturated heterocycles. The molecule has 0 saturated carbocycles. The Morgan fingerprint density at radius 2 is 1.03 bits per heavy atom. The van der Waals surface area contributed by atoms with E-state index in [0.717, 1.165) is 22.6 Å². The second-order valence-corrected chi connectivity index (χ2v) is 7.55. The summed E-state index contributed by atoms with van der Waals surface area (Å²) >= 11 is 0. The molecule has 160 valence electrons. The van der Waals surface area contributed by atoms with Crippen LogP contribution in [0, 0.1) is 0 Å². The van der Waals surface area contributed by atoms with Crippen molar-refractivity contribution in [1.82, 2.24) is 9.80 Å². The quantitative estimate of drug-likeness (QED) is 0.559. The third-order valence-corrected chi connectivity index (χ3v) is 4.61. The molecule has 30 heavy (non-hydrogen) atoms. The molecule has 2 aromatic carbocycles. The first kappa shape index (κ1) is 23.4. The van der Waals surface area contributed by atoms with E-state index in [1.165, 1.54) is 0 Å². The summed E-state index contributed by atoms with van der Waals surface area (Å²) in [5, 5.41) is 0. The van der Waals surface area contributed by atoms with Gasteiger partial charge >= 0.3 is 0 Å². The number of likely N-dealkylation sites (N-methyl/N-ethyl adjacent to an activating group) is 2. The Balaban J connectivity index is 2.51. The number of nitrogens with zero attached hydrogens (tertiary/aromatic N) is 2.